The van der Waals surface area contributed by atoms with E-state index in [4.69, 9.17) is 9.47 Å². The van der Waals surface area contributed by atoms with Crippen LogP contribution in [0.1, 0.15) is 36.2 Å². The summed E-state index contributed by atoms with van der Waals surface area (Å²) in [5.41, 5.74) is 4.65. The van der Waals surface area contributed by atoms with Crippen molar-refractivity contribution in [2.45, 2.75) is 57.3 Å². The number of hydrogen-bond donors (Lipinski definition) is 4. The summed E-state index contributed by atoms with van der Waals surface area (Å²) in [6.45, 7) is 3.81. The number of nitrogens with one attached hydrogen (secondary N) is 3. The average Bonchev–Trinajstić information content (AvgIpc) is 3.07. The van der Waals surface area contributed by atoms with Crippen LogP contribution in [-0.4, -0.2) is 60.3 Å². The van der Waals surface area contributed by atoms with Gasteiger partial charge in [0.05, 0.1) is 0 Å². The van der Waals surface area contributed by atoms with Crippen LogP contribution in [0.5, 0.6) is 0 Å². The van der Waals surface area contributed by atoms with Crippen molar-refractivity contribution in [2.75, 3.05) is 19.1 Å². The van der Waals surface area contributed by atoms with Gasteiger partial charge in [0, 0.05) is 0 Å². The Morgan fingerprint density at radius 2 is 1.48 bits per heavy atom. The molecule has 4 N–H and O–H groups in total. The topological polar surface area (TPSA) is 190 Å². The predicted molar refractivity (Wildman–Crippen MR) is 164 cm³/mol. The van der Waals surface area contributed by atoms with Gasteiger partial charge < -0.3 is 0 Å². The second-order valence-electron chi connectivity index (χ2n) is 10.1. The van der Waals surface area contributed by atoms with Crippen LogP contribution in [0.2, 0.25) is 25.8 Å². The number of carboxylic acid groups (broad SMARTS) is 1. The van der Waals surface area contributed by atoms with Crippen molar-refractivity contribution in [1.82, 2.24) is 10.6 Å². The van der Waals surface area contributed by atoms with Gasteiger partial charge in [-0.15, -0.1) is 0 Å². The molecule has 4 unspecified atom stereocenters. The van der Waals surface area contributed by atoms with Gasteiger partial charge in [-0.1, -0.05) is 0 Å². The van der Waals surface area contributed by atoms with Crippen LogP contribution >= 0.6 is 0 Å². The number of nitrogens with zero attached hydrogens (tertiary/aromatic N) is 1. The molecule has 1 heterocycles. The zero-order valence-corrected chi connectivity index (χ0v) is 29.5. The Bertz CT molecular complexity index is 1450. The monoisotopic (exact) mass is 799 g/mol. The molecule has 48 heavy (non-hydrogen) atoms. The number of carboxylic acids is 1. The number of esters is 2. The molecule has 267 valence electrons. The minimum atomic E-state index is -0.935. The Labute approximate surface area is 297 Å². The fourth-order valence-electron chi connectivity index (χ4n) is 3.85. The van der Waals surface area contributed by atoms with Gasteiger partial charge in [-0.05, 0) is 0 Å². The fraction of sp³-hybridized carbons (Fsp3) is 0.406. The summed E-state index contributed by atoms with van der Waals surface area (Å²) in [5.74, 6) is -4.19. The number of methoxy groups -OCH3 is 1. The number of carbonyl (C=O) groups excluding carboxylic acids is 5. The Morgan fingerprint density at radius 3 is 2.08 bits per heavy atom. The average molecular weight is 799 g/mol. The number of ether oxygens (including phenoxy) is 2. The van der Waals surface area contributed by atoms with Crippen LogP contribution in [0.3, 0.4) is 0 Å². The summed E-state index contributed by atoms with van der Waals surface area (Å²) in [4.78, 5) is 71.2. The van der Waals surface area contributed by atoms with Crippen LogP contribution in [0.15, 0.2) is 59.7 Å². The third kappa shape index (κ3) is 12.5. The van der Waals surface area contributed by atoms with Crippen LogP contribution in [0.4, 0.5) is 10.5 Å². The van der Waals surface area contributed by atoms with E-state index in [-0.39, 0.29) is 22.8 Å². The number of imide groups is 2. The van der Waals surface area contributed by atoms with E-state index in [1.54, 1.807) is 31.2 Å². The van der Waals surface area contributed by atoms with Crippen molar-refractivity contribution in [3.63, 3.8) is 0 Å². The first-order valence-electron chi connectivity index (χ1n) is 14.7. The molecule has 2 aromatic carbocycles. The Kier molecular flexibility index (Phi) is 16.3. The summed E-state index contributed by atoms with van der Waals surface area (Å²) in [7, 11) is 1.30. The molecule has 16 heteroatoms. The Morgan fingerprint density at radius 1 is 0.875 bits per heavy atom. The van der Waals surface area contributed by atoms with Gasteiger partial charge >= 0.3 is 262 Å². The predicted octanol–water partition coefficient (Wildman–Crippen LogP) is 4.03. The van der Waals surface area contributed by atoms with Gasteiger partial charge in [0.1, 0.15) is 0 Å². The maximum absolute atomic E-state index is 13.4. The molecule has 4 amide bonds. The third-order valence-electron chi connectivity index (χ3n) is 6.53. The molecule has 1 fully saturated rings. The molecule has 1 aliphatic heterocycles. The Balaban J connectivity index is 1.61. The van der Waals surface area contributed by atoms with Crippen molar-refractivity contribution in [3.8, 4) is 0 Å². The van der Waals surface area contributed by atoms with E-state index in [1.165, 1.54) is 12.7 Å². The number of aliphatic carboxylic acids is 1. The number of hydrogen-bond acceptors (Lipinski definition) is 10. The summed E-state index contributed by atoms with van der Waals surface area (Å²) in [6, 6.07) is 16.1. The van der Waals surface area contributed by atoms with E-state index in [9.17, 15) is 33.9 Å². The van der Waals surface area contributed by atoms with Crippen LogP contribution in [0.25, 0.3) is 0 Å². The second-order valence-corrected chi connectivity index (χ2v) is 14.9. The number of barbiturate groups is 1. The van der Waals surface area contributed by atoms with Crippen molar-refractivity contribution < 1.29 is 87.4 Å². The van der Waals surface area contributed by atoms with E-state index < -0.39 is 51.1 Å². The number of rotatable bonds is 19. The van der Waals surface area contributed by atoms with Crippen molar-refractivity contribution in [3.05, 3.63) is 65.7 Å². The molecule has 1 saturated heterocycles. The zero-order valence-electron chi connectivity index (χ0n) is 26.4. The molecule has 2 aromatic rings. The number of anilines is 1. The molecule has 0 spiro atoms. The first-order chi connectivity index (χ1) is 23.0. The SMILES string of the molecule is CC[CH]([Co][CH2][CH]([Co][CH2][CH]([Co][CH2]C(C)C(=O)O)C(=O)OC)C(=O)OCCc1ccc(NN=C2C(=O)NC(=O)NC2=O)cc1)c1ccccc1. The molecule has 0 bridgehead atoms. The Hall–Kier alpha value is -3.55. The van der Waals surface area contributed by atoms with Crippen LogP contribution in [0, 0.1) is 5.92 Å². The molecule has 0 saturated carbocycles. The van der Waals surface area contributed by atoms with Crippen LogP contribution < -0.4 is 16.1 Å². The molecule has 0 aliphatic carbocycles. The van der Waals surface area contributed by atoms with Gasteiger partial charge in [-0.2, -0.15) is 0 Å². The van der Waals surface area contributed by atoms with E-state index in [2.05, 4.69) is 29.6 Å². The molecule has 0 radical (unpaired) electrons. The summed E-state index contributed by atoms with van der Waals surface area (Å²) >= 11 is 2.49. The van der Waals surface area contributed by atoms with Crippen LogP contribution in [-0.2, 0) is 84.0 Å². The second kappa shape index (κ2) is 20.1. The third-order valence-corrected chi connectivity index (χ3v) is 12.6. The molecule has 1 aliphatic rings. The van der Waals surface area contributed by atoms with Crippen molar-refractivity contribution in [2.24, 2.45) is 11.0 Å². The molecule has 0 aromatic heterocycles. The molecular formula is C32H38Co3N4O9. The maximum atomic E-state index is 13.4. The molecule has 3 rings (SSSR count). The normalized spacial score (nSPS) is 15.6. The van der Waals surface area contributed by atoms with Gasteiger partial charge in [0.2, 0.25) is 0 Å². The summed E-state index contributed by atoms with van der Waals surface area (Å²) in [5, 5.41) is 18.1. The van der Waals surface area contributed by atoms with Crippen molar-refractivity contribution >= 4 is 47.2 Å². The molecule has 4 atom stereocenters. The first kappa shape index (κ1) is 38.9. The summed E-state index contributed by atoms with van der Waals surface area (Å²) < 4.78 is 10.7. The molecule has 13 nitrogen and oxygen atoms in total. The zero-order chi connectivity index (χ0) is 35.1. The number of amides is 4. The van der Waals surface area contributed by atoms with Crippen molar-refractivity contribution in [1.29, 1.82) is 0 Å². The van der Waals surface area contributed by atoms with Gasteiger partial charge in [0.25, 0.3) is 11.8 Å². The number of benzene rings is 2. The summed E-state index contributed by atoms with van der Waals surface area (Å²) in [6.07, 6.45) is 1.31. The fourth-order valence-corrected chi connectivity index (χ4v) is 9.05. The quantitative estimate of drug-likeness (QED) is 0.119. The minimum absolute atomic E-state index is 0.120. The van der Waals surface area contributed by atoms with Gasteiger partial charge in [0.15, 0.2) is 0 Å². The van der Waals surface area contributed by atoms with E-state index in [0.29, 0.717) is 37.5 Å². The number of urea groups is 1. The van der Waals surface area contributed by atoms with Gasteiger partial charge in [-0.3, -0.25) is 20.2 Å². The molecular weight excluding hydrogens is 761 g/mol. The number of hydrazone groups is 1. The standard InChI is InChI=1S/C15H14N4O5.C9H11.C4H6O2.C4H7O2.3Co/c1-2-11(20)24-8-7-9-3-5-10(6-4-9)18-19-12-13(21)16-15(23)17-14(12)22;1-2-6-9-7-4-3-5-8-9;1-3-4(5)6-2;1-3(2)4(5)6;;;/h2-6,18H,1,7-8H2,(H2,16,17,21,22,23);3-8H,2H2,1H3;3H,1H2,2H3;3H,1H2,2H3,(H,5,6);;;. The van der Waals surface area contributed by atoms with E-state index >= 15 is 0 Å². The number of carbonyl (C=O) groups is 6. The first-order valence-corrected chi connectivity index (χ1v) is 18.7. The van der Waals surface area contributed by atoms with E-state index in [1.807, 2.05) is 28.8 Å². The van der Waals surface area contributed by atoms with E-state index in [0.717, 1.165) is 41.4 Å². The van der Waals surface area contributed by atoms with Gasteiger partial charge in [-0.25, -0.2) is 4.79 Å².